The lowest BCUT2D eigenvalue weighted by Crippen LogP contribution is -2.33. The molecular formula is C18H16F2N4OS. The lowest BCUT2D eigenvalue weighted by Gasteiger charge is -2.15. The number of thiazole rings is 1. The Balaban J connectivity index is 1.57. The molecule has 2 amide bonds. The molecule has 0 unspecified atom stereocenters. The van der Waals surface area contributed by atoms with Crippen LogP contribution in [0.25, 0.3) is 20.9 Å². The Morgan fingerprint density at radius 3 is 2.96 bits per heavy atom. The first-order valence-corrected chi connectivity index (χ1v) is 9.04. The number of anilines is 1. The largest absolute Gasteiger partial charge is 0.322 e. The Bertz CT molecular complexity index is 990. The van der Waals surface area contributed by atoms with E-state index in [1.165, 1.54) is 22.3 Å². The third-order valence-corrected chi connectivity index (χ3v) is 5.35. The molecule has 0 saturated carbocycles. The zero-order valence-corrected chi connectivity index (χ0v) is 14.8. The SMILES string of the molecule is Cc1cc(-c2nc3cc(NC(=O)N4CC[C@H](F)C4)cnc3s2)ccc1F. The molecule has 0 spiro atoms. The zero-order valence-electron chi connectivity index (χ0n) is 14.0. The third-order valence-electron chi connectivity index (χ3n) is 4.32. The van der Waals surface area contributed by atoms with Crippen LogP contribution in [0.5, 0.6) is 0 Å². The molecule has 1 aliphatic heterocycles. The zero-order chi connectivity index (χ0) is 18.3. The molecule has 26 heavy (non-hydrogen) atoms. The van der Waals surface area contributed by atoms with Crippen LogP contribution >= 0.6 is 11.3 Å². The van der Waals surface area contributed by atoms with Crippen LogP contribution in [-0.2, 0) is 0 Å². The van der Waals surface area contributed by atoms with Crippen LogP contribution in [0.2, 0.25) is 0 Å². The molecule has 0 aliphatic carbocycles. The van der Waals surface area contributed by atoms with Gasteiger partial charge < -0.3 is 10.2 Å². The van der Waals surface area contributed by atoms with Crippen LogP contribution in [0.4, 0.5) is 19.3 Å². The molecular weight excluding hydrogens is 358 g/mol. The average Bonchev–Trinajstić information content (AvgIpc) is 3.23. The summed E-state index contributed by atoms with van der Waals surface area (Å²) in [7, 11) is 0. The molecule has 1 N–H and O–H groups in total. The van der Waals surface area contributed by atoms with E-state index < -0.39 is 6.17 Å². The molecule has 1 fully saturated rings. The number of nitrogens with zero attached hydrogens (tertiary/aromatic N) is 3. The quantitative estimate of drug-likeness (QED) is 0.724. The van der Waals surface area contributed by atoms with Gasteiger partial charge in [0, 0.05) is 12.1 Å². The van der Waals surface area contributed by atoms with E-state index in [0.717, 1.165) is 15.4 Å². The minimum Gasteiger partial charge on any atom is -0.322 e. The number of amides is 2. The molecule has 1 saturated heterocycles. The van der Waals surface area contributed by atoms with Gasteiger partial charge >= 0.3 is 6.03 Å². The number of halogens is 2. The summed E-state index contributed by atoms with van der Waals surface area (Å²) in [5.41, 5.74) is 2.54. The van der Waals surface area contributed by atoms with E-state index in [4.69, 9.17) is 0 Å². The first-order valence-electron chi connectivity index (χ1n) is 8.23. The smallest absolute Gasteiger partial charge is 0.321 e. The van der Waals surface area contributed by atoms with Crippen LogP contribution in [-0.4, -0.2) is 40.2 Å². The molecule has 8 heteroatoms. The molecule has 5 nitrogen and oxygen atoms in total. The summed E-state index contributed by atoms with van der Waals surface area (Å²) in [4.78, 5) is 23.2. The van der Waals surface area contributed by atoms with Gasteiger partial charge in [-0.05, 0) is 43.2 Å². The Hall–Kier alpha value is -2.61. The van der Waals surface area contributed by atoms with Gasteiger partial charge in [-0.1, -0.05) is 11.3 Å². The number of hydrogen-bond donors (Lipinski definition) is 1. The van der Waals surface area contributed by atoms with Crippen LogP contribution in [0.1, 0.15) is 12.0 Å². The third kappa shape index (κ3) is 3.24. The number of nitrogens with one attached hydrogen (secondary N) is 1. The van der Waals surface area contributed by atoms with Gasteiger partial charge in [0.2, 0.25) is 0 Å². The molecule has 1 aromatic carbocycles. The Morgan fingerprint density at radius 2 is 2.23 bits per heavy atom. The van der Waals surface area contributed by atoms with E-state index >= 15 is 0 Å². The van der Waals surface area contributed by atoms with Gasteiger partial charge in [0.05, 0.1) is 18.4 Å². The van der Waals surface area contributed by atoms with Gasteiger partial charge in [-0.25, -0.2) is 23.5 Å². The highest BCUT2D eigenvalue weighted by Crippen LogP contribution is 2.31. The normalized spacial score (nSPS) is 17.0. The number of rotatable bonds is 2. The van der Waals surface area contributed by atoms with Crippen molar-refractivity contribution < 1.29 is 13.6 Å². The number of carbonyl (C=O) groups is 1. The van der Waals surface area contributed by atoms with Gasteiger partial charge in [0.15, 0.2) is 0 Å². The van der Waals surface area contributed by atoms with Crippen molar-refractivity contribution >= 4 is 33.4 Å². The molecule has 4 rings (SSSR count). The second kappa shape index (κ2) is 6.60. The minimum atomic E-state index is -0.957. The summed E-state index contributed by atoms with van der Waals surface area (Å²) in [6.45, 7) is 2.23. The van der Waals surface area contributed by atoms with Gasteiger partial charge in [-0.15, -0.1) is 0 Å². The predicted octanol–water partition coefficient (Wildman–Crippen LogP) is 4.38. The lowest BCUT2D eigenvalue weighted by molar-refractivity contribution is 0.218. The molecule has 1 atom stereocenters. The fourth-order valence-electron chi connectivity index (χ4n) is 2.90. The summed E-state index contributed by atoms with van der Waals surface area (Å²) in [6.07, 6.45) is 0.972. The molecule has 134 valence electrons. The maximum absolute atomic E-state index is 13.4. The van der Waals surface area contributed by atoms with Gasteiger partial charge in [-0.2, -0.15) is 0 Å². The minimum absolute atomic E-state index is 0.117. The number of aryl methyl sites for hydroxylation is 1. The molecule has 0 bridgehead atoms. The van der Waals surface area contributed by atoms with Crippen molar-refractivity contribution in [3.8, 4) is 10.6 Å². The average molecular weight is 374 g/mol. The second-order valence-corrected chi connectivity index (χ2v) is 7.27. The fraction of sp³-hybridized carbons (Fsp3) is 0.278. The lowest BCUT2D eigenvalue weighted by atomic mass is 10.1. The molecule has 3 aromatic rings. The number of aromatic nitrogens is 2. The topological polar surface area (TPSA) is 58.1 Å². The van der Waals surface area contributed by atoms with Crippen molar-refractivity contribution in [2.75, 3.05) is 18.4 Å². The standard InChI is InChI=1S/C18H16F2N4OS/c1-10-6-11(2-3-14(10)20)16-23-15-7-13(8-21-17(15)26-16)22-18(25)24-5-4-12(19)9-24/h2-3,6-8,12H,4-5,9H2,1H3,(H,22,25)/t12-/m0/s1. The van der Waals surface area contributed by atoms with E-state index in [0.29, 0.717) is 29.7 Å². The van der Waals surface area contributed by atoms with Crippen molar-refractivity contribution in [1.29, 1.82) is 0 Å². The van der Waals surface area contributed by atoms with Crippen LogP contribution < -0.4 is 5.32 Å². The highest BCUT2D eigenvalue weighted by molar-refractivity contribution is 7.21. The highest BCUT2D eigenvalue weighted by Gasteiger charge is 2.25. The van der Waals surface area contributed by atoms with E-state index in [2.05, 4.69) is 15.3 Å². The number of pyridine rings is 1. The Kier molecular flexibility index (Phi) is 4.28. The van der Waals surface area contributed by atoms with Crippen molar-refractivity contribution in [3.63, 3.8) is 0 Å². The van der Waals surface area contributed by atoms with Gasteiger partial charge in [-0.3, -0.25) is 0 Å². The van der Waals surface area contributed by atoms with E-state index in [1.807, 2.05) is 0 Å². The molecule has 3 heterocycles. The fourth-order valence-corrected chi connectivity index (χ4v) is 3.78. The number of fused-ring (bicyclic) bond motifs is 1. The number of benzene rings is 1. The number of carbonyl (C=O) groups excluding carboxylic acids is 1. The van der Waals surface area contributed by atoms with Gasteiger partial charge in [0.25, 0.3) is 0 Å². The summed E-state index contributed by atoms with van der Waals surface area (Å²) in [6, 6.07) is 6.25. The van der Waals surface area contributed by atoms with Crippen molar-refractivity contribution in [2.45, 2.75) is 19.5 Å². The van der Waals surface area contributed by atoms with Crippen LogP contribution in [0.3, 0.4) is 0 Å². The first-order chi connectivity index (χ1) is 12.5. The van der Waals surface area contributed by atoms with Gasteiger partial charge in [0.1, 0.15) is 27.3 Å². The van der Waals surface area contributed by atoms with Crippen LogP contribution in [0.15, 0.2) is 30.5 Å². The van der Waals surface area contributed by atoms with Crippen molar-refractivity contribution in [2.24, 2.45) is 0 Å². The van der Waals surface area contributed by atoms with Crippen molar-refractivity contribution in [3.05, 3.63) is 41.8 Å². The summed E-state index contributed by atoms with van der Waals surface area (Å²) in [5.74, 6) is -0.254. The summed E-state index contributed by atoms with van der Waals surface area (Å²) in [5, 5.41) is 3.47. The highest BCUT2D eigenvalue weighted by atomic mass is 32.1. The Labute approximate surface area is 152 Å². The van der Waals surface area contributed by atoms with Crippen molar-refractivity contribution in [1.82, 2.24) is 14.9 Å². The van der Waals surface area contributed by atoms with E-state index in [-0.39, 0.29) is 18.4 Å². The summed E-state index contributed by atoms with van der Waals surface area (Å²) < 4.78 is 26.7. The van der Waals surface area contributed by atoms with E-state index in [1.54, 1.807) is 31.3 Å². The first kappa shape index (κ1) is 16.8. The van der Waals surface area contributed by atoms with Crippen LogP contribution in [0, 0.1) is 12.7 Å². The number of likely N-dealkylation sites (tertiary alicyclic amines) is 1. The number of hydrogen-bond acceptors (Lipinski definition) is 4. The molecule has 0 radical (unpaired) electrons. The number of urea groups is 1. The maximum Gasteiger partial charge on any atom is 0.321 e. The maximum atomic E-state index is 13.4. The number of alkyl halides is 1. The molecule has 2 aromatic heterocycles. The summed E-state index contributed by atoms with van der Waals surface area (Å²) >= 11 is 1.40. The molecule has 1 aliphatic rings. The second-order valence-electron chi connectivity index (χ2n) is 6.29. The Morgan fingerprint density at radius 1 is 1.38 bits per heavy atom. The predicted molar refractivity (Wildman–Crippen MR) is 97.7 cm³/mol. The monoisotopic (exact) mass is 374 g/mol. The van der Waals surface area contributed by atoms with E-state index in [9.17, 15) is 13.6 Å².